The van der Waals surface area contributed by atoms with Crippen molar-refractivity contribution in [2.75, 3.05) is 23.0 Å². The molecule has 4 rings (SSSR count). The number of benzene rings is 1. The summed E-state index contributed by atoms with van der Waals surface area (Å²) in [5.41, 5.74) is 0.989. The van der Waals surface area contributed by atoms with Gasteiger partial charge in [-0.1, -0.05) is 35.2 Å². The molecule has 4 aromatic rings. The van der Waals surface area contributed by atoms with E-state index in [1.807, 2.05) is 31.2 Å². The fourth-order valence-electron chi connectivity index (χ4n) is 3.11. The molecule has 0 spiro atoms. The molecule has 32 heavy (non-hydrogen) atoms. The molecule has 0 saturated heterocycles. The van der Waals surface area contributed by atoms with Gasteiger partial charge < -0.3 is 14.5 Å². The molecule has 3 heterocycles. The molecule has 1 amide bonds. The molecule has 3 N–H and O–H groups in total. The lowest BCUT2D eigenvalue weighted by atomic mass is 10.2. The number of carbonyl (C=O) groups is 1. The molecule has 0 bridgehead atoms. The van der Waals surface area contributed by atoms with Gasteiger partial charge in [-0.05, 0) is 32.9 Å². The summed E-state index contributed by atoms with van der Waals surface area (Å²) in [5, 5.41) is 21.9. The van der Waals surface area contributed by atoms with Crippen LogP contribution in [0.15, 0.2) is 37.8 Å². The summed E-state index contributed by atoms with van der Waals surface area (Å²) in [7, 11) is 0. The Bertz CT molecular complexity index is 1330. The maximum absolute atomic E-state index is 12.5. The first-order valence-electron chi connectivity index (χ1n) is 9.69. The Kier molecular flexibility index (Phi) is 6.42. The van der Waals surface area contributed by atoms with Gasteiger partial charge in [0.05, 0.1) is 29.1 Å². The van der Waals surface area contributed by atoms with Gasteiger partial charge in [-0.3, -0.25) is 14.9 Å². The average Bonchev–Trinajstić information content (AvgIpc) is 3.35. The number of H-pyrrole nitrogens is 1. The molecule has 10 nitrogen and oxygen atoms in total. The van der Waals surface area contributed by atoms with Gasteiger partial charge in [0, 0.05) is 0 Å². The van der Waals surface area contributed by atoms with E-state index in [0.29, 0.717) is 32.9 Å². The summed E-state index contributed by atoms with van der Waals surface area (Å²) in [5.74, 6) is 1.10. The summed E-state index contributed by atoms with van der Waals surface area (Å²) in [6.07, 6.45) is 0. The van der Waals surface area contributed by atoms with Gasteiger partial charge in [0.2, 0.25) is 16.9 Å². The molecular weight excluding hydrogens is 452 g/mol. The van der Waals surface area contributed by atoms with Crippen LogP contribution >= 0.6 is 23.1 Å². The second-order valence-electron chi connectivity index (χ2n) is 6.64. The van der Waals surface area contributed by atoms with E-state index in [0.717, 1.165) is 11.4 Å². The Morgan fingerprint density at radius 2 is 2.06 bits per heavy atom. The zero-order chi connectivity index (χ0) is 22.7. The molecule has 0 unspecified atom stereocenters. The molecule has 3 aromatic heterocycles. The molecular formula is C20H20N6O4S2. The highest BCUT2D eigenvalue weighted by atomic mass is 32.2. The number of ether oxygens (including phenoxy) is 1. The first kappa shape index (κ1) is 21.8. The highest BCUT2D eigenvalue weighted by Crippen LogP contribution is 2.32. The van der Waals surface area contributed by atoms with Crippen molar-refractivity contribution in [1.29, 1.82) is 0 Å². The van der Waals surface area contributed by atoms with Crippen LogP contribution in [0.5, 0.6) is 5.75 Å². The number of furan rings is 1. The van der Waals surface area contributed by atoms with E-state index >= 15 is 0 Å². The monoisotopic (exact) mass is 472 g/mol. The number of nitrogens with one attached hydrogen (secondary N) is 3. The third-order valence-corrected chi connectivity index (χ3v) is 6.38. The molecule has 12 heteroatoms. The van der Waals surface area contributed by atoms with Crippen molar-refractivity contribution in [3.8, 4) is 5.75 Å². The smallest absolute Gasteiger partial charge is 0.277 e. The maximum Gasteiger partial charge on any atom is 0.277 e. The molecule has 1 aromatic carbocycles. The average molecular weight is 473 g/mol. The number of aromatic amines is 1. The van der Waals surface area contributed by atoms with Crippen molar-refractivity contribution in [2.24, 2.45) is 0 Å². The van der Waals surface area contributed by atoms with Crippen molar-refractivity contribution in [1.82, 2.24) is 20.4 Å². The first-order chi connectivity index (χ1) is 15.5. The zero-order valence-corrected chi connectivity index (χ0v) is 19.1. The second-order valence-corrected chi connectivity index (χ2v) is 8.84. The van der Waals surface area contributed by atoms with Crippen LogP contribution in [0.1, 0.15) is 18.4 Å². The van der Waals surface area contributed by atoms with E-state index in [1.54, 1.807) is 13.8 Å². The highest BCUT2D eigenvalue weighted by molar-refractivity contribution is 8.01. The van der Waals surface area contributed by atoms with Crippen LogP contribution in [-0.4, -0.2) is 38.7 Å². The summed E-state index contributed by atoms with van der Waals surface area (Å²) >= 11 is 2.56. The Morgan fingerprint density at radius 1 is 1.25 bits per heavy atom. The van der Waals surface area contributed by atoms with E-state index in [9.17, 15) is 9.59 Å². The lowest BCUT2D eigenvalue weighted by Crippen LogP contribution is -2.16. The van der Waals surface area contributed by atoms with Crippen molar-refractivity contribution in [3.05, 3.63) is 46.1 Å². The van der Waals surface area contributed by atoms with E-state index < -0.39 is 5.56 Å². The number of anilines is 3. The van der Waals surface area contributed by atoms with Crippen LogP contribution in [0, 0.1) is 13.8 Å². The minimum absolute atomic E-state index is 0.0768. The molecule has 0 fully saturated rings. The van der Waals surface area contributed by atoms with Crippen molar-refractivity contribution >= 4 is 56.5 Å². The fourth-order valence-corrected chi connectivity index (χ4v) is 4.67. The van der Waals surface area contributed by atoms with Crippen LogP contribution < -0.4 is 20.9 Å². The van der Waals surface area contributed by atoms with E-state index in [4.69, 9.17) is 9.15 Å². The van der Waals surface area contributed by atoms with Crippen molar-refractivity contribution in [2.45, 2.75) is 25.1 Å². The Balaban J connectivity index is 1.40. The quantitative estimate of drug-likeness (QED) is 0.327. The lowest BCUT2D eigenvalue weighted by molar-refractivity contribution is -0.113. The number of rotatable bonds is 8. The van der Waals surface area contributed by atoms with Crippen LogP contribution in [0.4, 0.5) is 16.7 Å². The number of aromatic nitrogens is 4. The highest BCUT2D eigenvalue weighted by Gasteiger charge is 2.19. The van der Waals surface area contributed by atoms with Gasteiger partial charge in [0.25, 0.3) is 5.56 Å². The van der Waals surface area contributed by atoms with Crippen LogP contribution in [0.2, 0.25) is 0 Å². The van der Waals surface area contributed by atoms with Gasteiger partial charge in [-0.15, -0.1) is 10.2 Å². The first-order valence-corrected chi connectivity index (χ1v) is 11.5. The molecule has 0 radical (unpaired) electrons. The van der Waals surface area contributed by atoms with E-state index in [-0.39, 0.29) is 22.9 Å². The molecule has 0 aliphatic rings. The topological polar surface area (TPSA) is 135 Å². The van der Waals surface area contributed by atoms with Gasteiger partial charge in [-0.2, -0.15) is 5.10 Å². The zero-order valence-electron chi connectivity index (χ0n) is 17.5. The summed E-state index contributed by atoms with van der Waals surface area (Å²) in [6.45, 7) is 5.95. The Labute approximate surface area is 190 Å². The Hall–Kier alpha value is -3.38. The van der Waals surface area contributed by atoms with Gasteiger partial charge >= 0.3 is 0 Å². The van der Waals surface area contributed by atoms with Crippen molar-refractivity contribution < 1.29 is 13.9 Å². The van der Waals surface area contributed by atoms with Gasteiger partial charge in [0.1, 0.15) is 16.9 Å². The SMILES string of the molecule is CCOc1ccccc1Nc1nnc(SCC(=O)Nc2oc(C)c3c(C)n[nH]c(=O)c23)s1. The van der Waals surface area contributed by atoms with Gasteiger partial charge in [-0.25, -0.2) is 5.10 Å². The third kappa shape index (κ3) is 4.60. The number of aryl methyl sites for hydroxylation is 2. The fraction of sp³-hybridized carbons (Fsp3) is 0.250. The largest absolute Gasteiger partial charge is 0.492 e. The molecule has 0 atom stereocenters. The number of hydrogen-bond acceptors (Lipinski definition) is 10. The molecule has 0 aliphatic heterocycles. The van der Waals surface area contributed by atoms with Gasteiger partial charge in [0.15, 0.2) is 4.34 Å². The van der Waals surface area contributed by atoms with E-state index in [2.05, 4.69) is 31.0 Å². The third-order valence-electron chi connectivity index (χ3n) is 4.41. The Morgan fingerprint density at radius 3 is 2.88 bits per heavy atom. The van der Waals surface area contributed by atoms with E-state index in [1.165, 1.54) is 23.1 Å². The number of amides is 1. The van der Waals surface area contributed by atoms with Crippen molar-refractivity contribution in [3.63, 3.8) is 0 Å². The summed E-state index contributed by atoms with van der Waals surface area (Å²) < 4.78 is 11.8. The minimum atomic E-state index is -0.419. The number of para-hydroxylation sites is 2. The number of thioether (sulfide) groups is 1. The lowest BCUT2D eigenvalue weighted by Gasteiger charge is -2.09. The molecule has 166 valence electrons. The van der Waals surface area contributed by atoms with Crippen LogP contribution in [-0.2, 0) is 4.79 Å². The second kappa shape index (κ2) is 9.40. The normalized spacial score (nSPS) is 11.0. The summed E-state index contributed by atoms with van der Waals surface area (Å²) in [4.78, 5) is 24.6. The number of fused-ring (bicyclic) bond motifs is 1. The number of nitrogens with zero attached hydrogens (tertiary/aromatic N) is 3. The molecule has 0 aliphatic carbocycles. The minimum Gasteiger partial charge on any atom is -0.492 e. The summed E-state index contributed by atoms with van der Waals surface area (Å²) in [6, 6.07) is 7.55. The molecule has 0 saturated carbocycles. The number of carbonyl (C=O) groups excluding carboxylic acids is 1. The maximum atomic E-state index is 12.5. The number of hydrogen-bond donors (Lipinski definition) is 3. The standard InChI is InChI=1S/C20H20N6O4S2/c1-4-29-13-8-6-5-7-12(13)21-19-25-26-20(32-19)31-9-14(27)22-18-16-15(11(3)30-18)10(2)23-24-17(16)28/h5-8H,4,9H2,1-3H3,(H,21,25)(H,22,27)(H,24,28). The predicted molar refractivity (Wildman–Crippen MR) is 124 cm³/mol. The van der Waals surface area contributed by atoms with Crippen LogP contribution in [0.25, 0.3) is 10.8 Å². The van der Waals surface area contributed by atoms with Crippen LogP contribution in [0.3, 0.4) is 0 Å². The predicted octanol–water partition coefficient (Wildman–Crippen LogP) is 3.86.